The smallest absolute Gasteiger partial charge is 0.256 e. The van der Waals surface area contributed by atoms with E-state index in [2.05, 4.69) is 14.9 Å². The summed E-state index contributed by atoms with van der Waals surface area (Å²) in [6.45, 7) is 4.06. The maximum absolute atomic E-state index is 14.0. The summed E-state index contributed by atoms with van der Waals surface area (Å²) in [6.07, 6.45) is 2.91. The summed E-state index contributed by atoms with van der Waals surface area (Å²) in [5.41, 5.74) is 2.20. The fourth-order valence-electron chi connectivity index (χ4n) is 3.56. The number of anilines is 1. The summed E-state index contributed by atoms with van der Waals surface area (Å²) in [7, 11) is 0. The van der Waals surface area contributed by atoms with Crippen LogP contribution in [0.4, 0.5) is 10.2 Å². The van der Waals surface area contributed by atoms with Crippen molar-refractivity contribution in [3.8, 4) is 0 Å². The minimum atomic E-state index is -0.479. The maximum atomic E-state index is 14.0. The molecule has 4 rings (SSSR count). The molecule has 2 aliphatic heterocycles. The van der Waals surface area contributed by atoms with Crippen molar-refractivity contribution in [1.82, 2.24) is 14.9 Å². The Hall–Kier alpha value is -2.54. The van der Waals surface area contributed by atoms with Crippen molar-refractivity contribution < 1.29 is 13.9 Å². The third-order valence-corrected chi connectivity index (χ3v) is 4.96. The molecule has 0 N–H and O–H groups in total. The van der Waals surface area contributed by atoms with E-state index in [0.29, 0.717) is 39.1 Å². The van der Waals surface area contributed by atoms with Crippen LogP contribution in [0.2, 0.25) is 0 Å². The van der Waals surface area contributed by atoms with Gasteiger partial charge in [0.1, 0.15) is 18.0 Å². The highest BCUT2D eigenvalue weighted by Gasteiger charge is 2.26. The molecular weight excluding hydrogens is 335 g/mol. The van der Waals surface area contributed by atoms with Gasteiger partial charge in [-0.15, -0.1) is 0 Å². The van der Waals surface area contributed by atoms with E-state index in [1.54, 1.807) is 23.4 Å². The quantitative estimate of drug-likeness (QED) is 0.820. The normalized spacial score (nSPS) is 17.6. The molecule has 0 radical (unpaired) electrons. The predicted molar refractivity (Wildman–Crippen MR) is 94.8 cm³/mol. The number of carbonyl (C=O) groups is 1. The number of carbonyl (C=O) groups excluding carboxylic acids is 1. The Balaban J connectivity index is 1.56. The molecule has 0 bridgehead atoms. The molecule has 0 atom stereocenters. The summed E-state index contributed by atoms with van der Waals surface area (Å²) in [5.74, 6) is 0.198. The van der Waals surface area contributed by atoms with Crippen LogP contribution in [-0.4, -0.2) is 60.2 Å². The summed E-state index contributed by atoms with van der Waals surface area (Å²) in [6, 6.07) is 6.13. The van der Waals surface area contributed by atoms with Crippen LogP contribution in [0.1, 0.15) is 21.6 Å². The Morgan fingerprint density at radius 2 is 1.81 bits per heavy atom. The number of rotatable bonds is 2. The van der Waals surface area contributed by atoms with Crippen molar-refractivity contribution >= 4 is 11.7 Å². The first-order chi connectivity index (χ1) is 12.7. The van der Waals surface area contributed by atoms with E-state index in [0.717, 1.165) is 30.2 Å². The van der Waals surface area contributed by atoms with Crippen molar-refractivity contribution in [2.45, 2.75) is 12.8 Å². The molecule has 1 aromatic carbocycles. The Bertz CT molecular complexity index is 808. The number of hydrogen-bond donors (Lipinski definition) is 0. The highest BCUT2D eigenvalue weighted by molar-refractivity contribution is 5.94. The number of morpholine rings is 1. The monoisotopic (exact) mass is 356 g/mol. The summed E-state index contributed by atoms with van der Waals surface area (Å²) in [5, 5.41) is 0. The SMILES string of the molecule is O=C(c1ccccc1F)N1CCc2ncnc(N3CCOCC3)c2CC1. The maximum Gasteiger partial charge on any atom is 0.256 e. The molecule has 1 fully saturated rings. The molecular formula is C19H21FN4O2. The fraction of sp³-hybridized carbons (Fsp3) is 0.421. The minimum Gasteiger partial charge on any atom is -0.378 e. The highest BCUT2D eigenvalue weighted by Crippen LogP contribution is 2.25. The zero-order chi connectivity index (χ0) is 17.9. The van der Waals surface area contributed by atoms with Gasteiger partial charge in [-0.3, -0.25) is 4.79 Å². The first kappa shape index (κ1) is 16.9. The lowest BCUT2D eigenvalue weighted by atomic mass is 10.1. The average Bonchev–Trinajstić information content (AvgIpc) is 2.91. The second-order valence-corrected chi connectivity index (χ2v) is 6.49. The standard InChI is InChI=1S/C19H21FN4O2/c20-16-4-2-1-3-14(16)19(25)24-7-5-15-17(6-8-24)21-13-22-18(15)23-9-11-26-12-10-23/h1-4,13H,5-12H2. The van der Waals surface area contributed by atoms with Crippen LogP contribution >= 0.6 is 0 Å². The van der Waals surface area contributed by atoms with E-state index in [-0.39, 0.29) is 11.5 Å². The minimum absolute atomic E-state index is 0.123. The van der Waals surface area contributed by atoms with Gasteiger partial charge in [-0.25, -0.2) is 14.4 Å². The van der Waals surface area contributed by atoms with Crippen molar-refractivity contribution in [2.24, 2.45) is 0 Å². The van der Waals surface area contributed by atoms with Crippen LogP contribution in [0, 0.1) is 5.82 Å². The zero-order valence-corrected chi connectivity index (χ0v) is 14.5. The molecule has 1 aromatic heterocycles. The number of ether oxygens (including phenoxy) is 1. The van der Waals surface area contributed by atoms with Crippen molar-refractivity contribution in [2.75, 3.05) is 44.3 Å². The summed E-state index contributed by atoms with van der Waals surface area (Å²) in [4.78, 5) is 25.6. The first-order valence-corrected chi connectivity index (χ1v) is 8.93. The van der Waals surface area contributed by atoms with E-state index in [4.69, 9.17) is 4.74 Å². The van der Waals surface area contributed by atoms with Gasteiger partial charge in [0.2, 0.25) is 0 Å². The number of hydrogen-bond acceptors (Lipinski definition) is 5. The third-order valence-electron chi connectivity index (χ3n) is 4.96. The molecule has 1 amide bonds. The van der Waals surface area contributed by atoms with Crippen LogP contribution in [-0.2, 0) is 17.6 Å². The molecule has 1 saturated heterocycles. The van der Waals surface area contributed by atoms with Gasteiger partial charge in [-0.2, -0.15) is 0 Å². The lowest BCUT2D eigenvalue weighted by molar-refractivity contribution is 0.0758. The molecule has 0 aliphatic carbocycles. The molecule has 3 heterocycles. The van der Waals surface area contributed by atoms with Gasteiger partial charge in [0.15, 0.2) is 0 Å². The first-order valence-electron chi connectivity index (χ1n) is 8.93. The molecule has 0 saturated carbocycles. The molecule has 0 spiro atoms. The van der Waals surface area contributed by atoms with E-state index in [9.17, 15) is 9.18 Å². The second kappa shape index (κ2) is 7.37. The Morgan fingerprint density at radius 1 is 1.04 bits per heavy atom. The topological polar surface area (TPSA) is 58.6 Å². The molecule has 2 aromatic rings. The van der Waals surface area contributed by atoms with Gasteiger partial charge in [-0.1, -0.05) is 12.1 Å². The van der Waals surface area contributed by atoms with Crippen molar-refractivity contribution in [3.05, 3.63) is 53.2 Å². The molecule has 2 aliphatic rings. The third kappa shape index (κ3) is 3.26. The van der Waals surface area contributed by atoms with Gasteiger partial charge < -0.3 is 14.5 Å². The number of halogens is 1. The van der Waals surface area contributed by atoms with Crippen LogP contribution in [0.5, 0.6) is 0 Å². The Labute approximate surface area is 151 Å². The van der Waals surface area contributed by atoms with Crippen LogP contribution in [0.25, 0.3) is 0 Å². The average molecular weight is 356 g/mol. The number of fused-ring (bicyclic) bond motifs is 1. The molecule has 6 nitrogen and oxygen atoms in total. The van der Waals surface area contributed by atoms with Crippen LogP contribution in [0.15, 0.2) is 30.6 Å². The lowest BCUT2D eigenvalue weighted by Gasteiger charge is -2.29. The molecule has 7 heteroatoms. The van der Waals surface area contributed by atoms with E-state index in [1.807, 2.05) is 0 Å². The fourth-order valence-corrected chi connectivity index (χ4v) is 3.56. The van der Waals surface area contributed by atoms with Crippen molar-refractivity contribution in [1.29, 1.82) is 0 Å². The second-order valence-electron chi connectivity index (χ2n) is 6.49. The predicted octanol–water partition coefficient (Wildman–Crippen LogP) is 1.69. The van der Waals surface area contributed by atoms with Crippen LogP contribution < -0.4 is 4.90 Å². The molecule has 26 heavy (non-hydrogen) atoms. The zero-order valence-electron chi connectivity index (χ0n) is 14.5. The number of aromatic nitrogens is 2. The van der Waals surface area contributed by atoms with Gasteiger partial charge in [0.25, 0.3) is 5.91 Å². The molecule has 136 valence electrons. The van der Waals surface area contributed by atoms with Gasteiger partial charge >= 0.3 is 0 Å². The van der Waals surface area contributed by atoms with E-state index >= 15 is 0 Å². The van der Waals surface area contributed by atoms with Gasteiger partial charge in [-0.05, 0) is 18.6 Å². The van der Waals surface area contributed by atoms with E-state index in [1.165, 1.54) is 12.1 Å². The lowest BCUT2D eigenvalue weighted by Crippen LogP contribution is -2.37. The number of benzene rings is 1. The number of amides is 1. The number of nitrogens with zero attached hydrogens (tertiary/aromatic N) is 4. The Morgan fingerprint density at radius 3 is 2.62 bits per heavy atom. The van der Waals surface area contributed by atoms with Crippen LogP contribution in [0.3, 0.4) is 0 Å². The van der Waals surface area contributed by atoms with Crippen molar-refractivity contribution in [3.63, 3.8) is 0 Å². The van der Waals surface area contributed by atoms with E-state index < -0.39 is 5.82 Å². The summed E-state index contributed by atoms with van der Waals surface area (Å²) < 4.78 is 19.4. The van der Waals surface area contributed by atoms with Gasteiger partial charge in [0.05, 0.1) is 24.5 Å². The molecule has 0 unspecified atom stereocenters. The largest absolute Gasteiger partial charge is 0.378 e. The Kier molecular flexibility index (Phi) is 4.79. The summed E-state index contributed by atoms with van der Waals surface area (Å²) >= 11 is 0. The highest BCUT2D eigenvalue weighted by atomic mass is 19.1. The van der Waals surface area contributed by atoms with Gasteiger partial charge in [0, 0.05) is 38.2 Å².